The summed E-state index contributed by atoms with van der Waals surface area (Å²) in [4.78, 5) is 25.9. The van der Waals surface area contributed by atoms with Gasteiger partial charge in [0.15, 0.2) is 6.61 Å². The van der Waals surface area contributed by atoms with Gasteiger partial charge in [0.05, 0.1) is 5.69 Å². The molecule has 31 heavy (non-hydrogen) atoms. The summed E-state index contributed by atoms with van der Waals surface area (Å²) in [6.45, 7) is 8.80. The largest absolute Gasteiger partial charge is 0.484 e. The number of piperazine rings is 1. The highest BCUT2D eigenvalue weighted by Gasteiger charge is 2.23. The van der Waals surface area contributed by atoms with E-state index in [1.165, 1.54) is 5.56 Å². The Morgan fingerprint density at radius 3 is 2.39 bits per heavy atom. The number of aromatic nitrogens is 2. The summed E-state index contributed by atoms with van der Waals surface area (Å²) < 4.78 is 5.77. The van der Waals surface area contributed by atoms with E-state index in [4.69, 9.17) is 4.74 Å². The highest BCUT2D eigenvalue weighted by Crippen LogP contribution is 2.23. The third-order valence-corrected chi connectivity index (χ3v) is 5.53. The van der Waals surface area contributed by atoms with Gasteiger partial charge in [-0.25, -0.2) is 9.97 Å². The molecule has 2 aromatic carbocycles. The average Bonchev–Trinajstić information content (AvgIpc) is 2.78. The SMILES string of the molecule is Cc1ccc(OCC(=O)N2CCN(c3cc(-c4ccccc4)nc(C)n3)CC2)c(C)c1. The van der Waals surface area contributed by atoms with Crippen LogP contribution in [-0.4, -0.2) is 53.6 Å². The number of nitrogens with zero attached hydrogens (tertiary/aromatic N) is 4. The van der Waals surface area contributed by atoms with Crippen molar-refractivity contribution < 1.29 is 9.53 Å². The van der Waals surface area contributed by atoms with Gasteiger partial charge in [0.2, 0.25) is 0 Å². The molecule has 1 amide bonds. The Hall–Kier alpha value is -3.41. The zero-order valence-corrected chi connectivity index (χ0v) is 18.3. The number of carbonyl (C=O) groups excluding carboxylic acids is 1. The molecule has 0 radical (unpaired) electrons. The van der Waals surface area contributed by atoms with E-state index in [2.05, 4.69) is 33.1 Å². The second-order valence-corrected chi connectivity index (χ2v) is 7.95. The van der Waals surface area contributed by atoms with E-state index in [-0.39, 0.29) is 12.5 Å². The topological polar surface area (TPSA) is 58.6 Å². The Bertz CT molecular complexity index is 1060. The lowest BCUT2D eigenvalue weighted by atomic mass is 10.1. The Balaban J connectivity index is 1.36. The quantitative estimate of drug-likeness (QED) is 0.633. The summed E-state index contributed by atoms with van der Waals surface area (Å²) in [5.74, 6) is 2.44. The van der Waals surface area contributed by atoms with Crippen molar-refractivity contribution in [1.29, 1.82) is 0 Å². The molecule has 2 heterocycles. The van der Waals surface area contributed by atoms with Gasteiger partial charge in [0.25, 0.3) is 5.91 Å². The van der Waals surface area contributed by atoms with Crippen LogP contribution in [0.2, 0.25) is 0 Å². The molecular weight excluding hydrogens is 388 g/mol. The minimum absolute atomic E-state index is 0.0171. The van der Waals surface area contributed by atoms with E-state index < -0.39 is 0 Å². The van der Waals surface area contributed by atoms with Crippen molar-refractivity contribution >= 4 is 11.7 Å². The Morgan fingerprint density at radius 2 is 1.68 bits per heavy atom. The molecule has 0 spiro atoms. The third kappa shape index (κ3) is 5.02. The number of anilines is 1. The number of rotatable bonds is 5. The molecule has 0 aliphatic carbocycles. The van der Waals surface area contributed by atoms with Crippen LogP contribution in [0.25, 0.3) is 11.3 Å². The third-order valence-electron chi connectivity index (χ3n) is 5.53. The van der Waals surface area contributed by atoms with Gasteiger partial charge in [-0.1, -0.05) is 48.0 Å². The van der Waals surface area contributed by atoms with Gasteiger partial charge in [-0.3, -0.25) is 4.79 Å². The van der Waals surface area contributed by atoms with Gasteiger partial charge in [-0.05, 0) is 32.4 Å². The van der Waals surface area contributed by atoms with Gasteiger partial charge in [0, 0.05) is 37.8 Å². The maximum absolute atomic E-state index is 12.6. The zero-order valence-electron chi connectivity index (χ0n) is 18.3. The van der Waals surface area contributed by atoms with Crippen LogP contribution in [0.1, 0.15) is 17.0 Å². The summed E-state index contributed by atoms with van der Waals surface area (Å²) in [6.07, 6.45) is 0. The predicted molar refractivity (Wildman–Crippen MR) is 122 cm³/mol. The minimum Gasteiger partial charge on any atom is -0.484 e. The Labute approximate surface area is 183 Å². The summed E-state index contributed by atoms with van der Waals surface area (Å²) in [7, 11) is 0. The highest BCUT2D eigenvalue weighted by molar-refractivity contribution is 5.78. The minimum atomic E-state index is 0.0171. The lowest BCUT2D eigenvalue weighted by Gasteiger charge is -2.35. The molecule has 0 bridgehead atoms. The van der Waals surface area contributed by atoms with Crippen molar-refractivity contribution in [1.82, 2.24) is 14.9 Å². The first kappa shape index (κ1) is 20.8. The fourth-order valence-corrected chi connectivity index (χ4v) is 3.85. The van der Waals surface area contributed by atoms with Crippen molar-refractivity contribution in [2.24, 2.45) is 0 Å². The highest BCUT2D eigenvalue weighted by atomic mass is 16.5. The van der Waals surface area contributed by atoms with Crippen molar-refractivity contribution in [3.63, 3.8) is 0 Å². The van der Waals surface area contributed by atoms with Gasteiger partial charge >= 0.3 is 0 Å². The molecule has 0 saturated carbocycles. The maximum Gasteiger partial charge on any atom is 0.260 e. The van der Waals surface area contributed by atoms with Crippen LogP contribution in [0.4, 0.5) is 5.82 Å². The fraction of sp³-hybridized carbons (Fsp3) is 0.320. The van der Waals surface area contributed by atoms with Crippen LogP contribution >= 0.6 is 0 Å². The summed E-state index contributed by atoms with van der Waals surface area (Å²) in [6, 6.07) is 18.1. The Kier molecular flexibility index (Phi) is 6.16. The number of hydrogen-bond donors (Lipinski definition) is 0. The van der Waals surface area contributed by atoms with Crippen LogP contribution in [0.3, 0.4) is 0 Å². The van der Waals surface area contributed by atoms with Gasteiger partial charge in [-0.15, -0.1) is 0 Å². The molecule has 0 atom stereocenters. The number of carbonyl (C=O) groups is 1. The van der Waals surface area contributed by atoms with Crippen LogP contribution in [0, 0.1) is 20.8 Å². The first-order valence-corrected chi connectivity index (χ1v) is 10.6. The normalized spacial score (nSPS) is 13.9. The lowest BCUT2D eigenvalue weighted by molar-refractivity contribution is -0.133. The second-order valence-electron chi connectivity index (χ2n) is 7.95. The van der Waals surface area contributed by atoms with E-state index in [1.807, 2.05) is 62.1 Å². The van der Waals surface area contributed by atoms with Crippen LogP contribution in [-0.2, 0) is 4.79 Å². The molecule has 6 heteroatoms. The summed E-state index contributed by atoms with van der Waals surface area (Å²) in [5.41, 5.74) is 4.23. The van der Waals surface area contributed by atoms with Gasteiger partial charge in [0.1, 0.15) is 17.4 Å². The van der Waals surface area contributed by atoms with Crippen molar-refractivity contribution in [3.8, 4) is 17.0 Å². The average molecular weight is 417 g/mol. The van der Waals surface area contributed by atoms with Crippen LogP contribution < -0.4 is 9.64 Å². The predicted octanol–water partition coefficient (Wildman–Crippen LogP) is 3.80. The van der Waals surface area contributed by atoms with Crippen molar-refractivity contribution in [2.75, 3.05) is 37.7 Å². The van der Waals surface area contributed by atoms with Gasteiger partial charge < -0.3 is 14.5 Å². The molecule has 3 aromatic rings. The van der Waals surface area contributed by atoms with E-state index in [0.29, 0.717) is 13.1 Å². The Morgan fingerprint density at radius 1 is 0.935 bits per heavy atom. The van der Waals surface area contributed by atoms with E-state index >= 15 is 0 Å². The molecular formula is C25H28N4O2. The smallest absolute Gasteiger partial charge is 0.260 e. The summed E-state index contributed by atoms with van der Waals surface area (Å²) in [5, 5.41) is 0. The number of amides is 1. The molecule has 4 rings (SSSR count). The first-order chi connectivity index (χ1) is 15.0. The van der Waals surface area contributed by atoms with E-state index in [1.54, 1.807) is 0 Å². The number of benzene rings is 2. The molecule has 0 unspecified atom stereocenters. The van der Waals surface area contributed by atoms with E-state index in [0.717, 1.165) is 47.3 Å². The van der Waals surface area contributed by atoms with Crippen LogP contribution in [0.15, 0.2) is 54.6 Å². The molecule has 160 valence electrons. The first-order valence-electron chi connectivity index (χ1n) is 10.6. The molecule has 1 fully saturated rings. The summed E-state index contributed by atoms with van der Waals surface area (Å²) >= 11 is 0. The van der Waals surface area contributed by atoms with Gasteiger partial charge in [-0.2, -0.15) is 0 Å². The second kappa shape index (κ2) is 9.16. The lowest BCUT2D eigenvalue weighted by Crippen LogP contribution is -2.50. The van der Waals surface area contributed by atoms with Crippen LogP contribution in [0.5, 0.6) is 5.75 Å². The van der Waals surface area contributed by atoms with Crippen molar-refractivity contribution in [3.05, 3.63) is 71.5 Å². The molecule has 0 N–H and O–H groups in total. The maximum atomic E-state index is 12.6. The monoisotopic (exact) mass is 416 g/mol. The molecule has 1 aliphatic rings. The number of hydrogen-bond acceptors (Lipinski definition) is 5. The van der Waals surface area contributed by atoms with Crippen molar-refractivity contribution in [2.45, 2.75) is 20.8 Å². The molecule has 1 saturated heterocycles. The number of aryl methyl sites for hydroxylation is 3. The number of ether oxygens (including phenoxy) is 1. The zero-order chi connectivity index (χ0) is 21.8. The molecule has 1 aliphatic heterocycles. The standard InChI is InChI=1S/C25H28N4O2/c1-18-9-10-23(19(2)15-18)31-17-25(30)29-13-11-28(12-14-29)24-16-22(26-20(3)27-24)21-7-5-4-6-8-21/h4-10,15-16H,11-14,17H2,1-3H3. The molecule has 6 nitrogen and oxygen atoms in total. The fourth-order valence-electron chi connectivity index (χ4n) is 3.85. The van der Waals surface area contributed by atoms with E-state index in [9.17, 15) is 4.79 Å². The molecule has 1 aromatic heterocycles.